The van der Waals surface area contributed by atoms with Gasteiger partial charge >= 0.3 is 11.9 Å². The summed E-state index contributed by atoms with van der Waals surface area (Å²) in [5, 5.41) is 0. The molecule has 2 aromatic rings. The van der Waals surface area contributed by atoms with E-state index in [4.69, 9.17) is 9.47 Å². The van der Waals surface area contributed by atoms with Crippen molar-refractivity contribution in [2.75, 3.05) is 13.2 Å². The Kier molecular flexibility index (Phi) is 6.96. The Morgan fingerprint density at radius 1 is 0.611 bits per heavy atom. The van der Waals surface area contributed by atoms with Crippen LogP contribution in [0, 0.1) is 0 Å². The Bertz CT molecular complexity index is 1100. The number of fused-ring (bicyclic) bond motifs is 2. The van der Waals surface area contributed by atoms with Gasteiger partial charge in [-0.2, -0.15) is 0 Å². The summed E-state index contributed by atoms with van der Waals surface area (Å²) >= 11 is 0. The molecule has 2 heterocycles. The number of ether oxygens (including phenoxy) is 2. The molecule has 0 spiro atoms. The maximum absolute atomic E-state index is 13.0. The van der Waals surface area contributed by atoms with E-state index in [1.807, 2.05) is 0 Å². The van der Waals surface area contributed by atoms with Crippen LogP contribution in [0.3, 0.4) is 0 Å². The summed E-state index contributed by atoms with van der Waals surface area (Å²) in [6.07, 6.45) is -0.470. The van der Waals surface area contributed by atoms with Gasteiger partial charge in [0.25, 0.3) is 23.6 Å². The van der Waals surface area contributed by atoms with Crippen LogP contribution >= 0.6 is 0 Å². The third kappa shape index (κ3) is 4.15. The zero-order valence-corrected chi connectivity index (χ0v) is 19.8. The molecule has 2 aliphatic rings. The fourth-order valence-corrected chi connectivity index (χ4v) is 4.48. The molecular formula is C26H24N2O8. The number of benzene rings is 2. The highest BCUT2D eigenvalue weighted by Gasteiger charge is 2.46. The molecule has 0 bridgehead atoms. The van der Waals surface area contributed by atoms with Crippen molar-refractivity contribution < 1.29 is 38.2 Å². The van der Waals surface area contributed by atoms with Crippen molar-refractivity contribution in [1.82, 2.24) is 9.80 Å². The number of amides is 4. The lowest BCUT2D eigenvalue weighted by Crippen LogP contribution is -2.49. The molecular weight excluding hydrogens is 468 g/mol. The number of hydrogen-bond acceptors (Lipinski definition) is 8. The van der Waals surface area contributed by atoms with Crippen LogP contribution in [0.2, 0.25) is 0 Å². The predicted octanol–water partition coefficient (Wildman–Crippen LogP) is 2.22. The van der Waals surface area contributed by atoms with Gasteiger partial charge in [-0.15, -0.1) is 0 Å². The molecule has 0 N–H and O–H groups in total. The summed E-state index contributed by atoms with van der Waals surface area (Å²) in [6.45, 7) is 3.16. The average molecular weight is 492 g/mol. The van der Waals surface area contributed by atoms with Gasteiger partial charge in [-0.25, -0.2) is 9.59 Å². The van der Waals surface area contributed by atoms with Crippen LogP contribution in [-0.2, 0) is 19.1 Å². The van der Waals surface area contributed by atoms with Crippen molar-refractivity contribution in [3.63, 3.8) is 0 Å². The molecule has 2 aromatic carbocycles. The fraction of sp³-hybridized carbons (Fsp3) is 0.308. The van der Waals surface area contributed by atoms with Crippen molar-refractivity contribution in [3.8, 4) is 0 Å². The van der Waals surface area contributed by atoms with Gasteiger partial charge in [-0.1, -0.05) is 24.3 Å². The number of imide groups is 2. The molecule has 36 heavy (non-hydrogen) atoms. The van der Waals surface area contributed by atoms with E-state index in [1.165, 1.54) is 24.3 Å². The minimum absolute atomic E-state index is 0.00177. The Labute approximate surface area is 206 Å². The predicted molar refractivity (Wildman–Crippen MR) is 124 cm³/mol. The summed E-state index contributed by atoms with van der Waals surface area (Å²) in [7, 11) is 0. The average Bonchev–Trinajstić information content (AvgIpc) is 3.27. The van der Waals surface area contributed by atoms with Crippen LogP contribution in [0.25, 0.3) is 0 Å². The normalized spacial score (nSPS) is 16.1. The van der Waals surface area contributed by atoms with Gasteiger partial charge in [0.1, 0.15) is 12.1 Å². The van der Waals surface area contributed by atoms with Gasteiger partial charge in [-0.3, -0.25) is 29.0 Å². The van der Waals surface area contributed by atoms with Crippen LogP contribution in [0.1, 0.15) is 68.1 Å². The lowest BCUT2D eigenvalue weighted by atomic mass is 10.0. The van der Waals surface area contributed by atoms with Crippen molar-refractivity contribution in [2.45, 2.75) is 38.8 Å². The number of carbonyl (C=O) groups is 6. The van der Waals surface area contributed by atoms with E-state index in [2.05, 4.69) is 0 Å². The van der Waals surface area contributed by atoms with E-state index in [-0.39, 0.29) is 48.3 Å². The molecule has 2 aliphatic heterocycles. The maximum atomic E-state index is 13.0. The van der Waals surface area contributed by atoms with Gasteiger partial charge in [0.05, 0.1) is 35.5 Å². The minimum atomic E-state index is -1.37. The molecule has 0 aliphatic carbocycles. The standard InChI is InChI=1S/C26H24N2O8/c1-3-35-25(33)19(27-21(29)15-9-5-6-10-16(15)22(27)30)13-14-20(26(34)36-4-2)28-23(31)17-11-7-8-12-18(17)24(28)32/h5-12,19-20H,3-4,13-14H2,1-2H3/t19-,20+. The summed E-state index contributed by atoms with van der Waals surface area (Å²) in [6, 6.07) is 9.61. The van der Waals surface area contributed by atoms with Crippen LogP contribution in [0.4, 0.5) is 0 Å². The number of esters is 2. The third-order valence-corrected chi connectivity index (χ3v) is 6.11. The molecule has 0 unspecified atom stereocenters. The van der Waals surface area contributed by atoms with Crippen LogP contribution in [0.5, 0.6) is 0 Å². The van der Waals surface area contributed by atoms with E-state index >= 15 is 0 Å². The van der Waals surface area contributed by atoms with Gasteiger partial charge in [-0.05, 0) is 51.0 Å². The molecule has 0 aromatic heterocycles. The minimum Gasteiger partial charge on any atom is -0.464 e. The van der Waals surface area contributed by atoms with Crippen LogP contribution < -0.4 is 0 Å². The molecule has 4 amide bonds. The molecule has 2 atom stereocenters. The molecule has 0 radical (unpaired) electrons. The topological polar surface area (TPSA) is 127 Å². The van der Waals surface area contributed by atoms with Crippen molar-refractivity contribution in [1.29, 1.82) is 0 Å². The van der Waals surface area contributed by atoms with E-state index < -0.39 is 47.7 Å². The lowest BCUT2D eigenvalue weighted by Gasteiger charge is -2.28. The molecule has 10 heteroatoms. The maximum Gasteiger partial charge on any atom is 0.329 e. The van der Waals surface area contributed by atoms with E-state index in [9.17, 15) is 28.8 Å². The monoisotopic (exact) mass is 492 g/mol. The molecule has 186 valence electrons. The van der Waals surface area contributed by atoms with Gasteiger partial charge in [0.15, 0.2) is 0 Å². The van der Waals surface area contributed by atoms with Crippen LogP contribution in [-0.4, -0.2) is 70.7 Å². The molecule has 4 rings (SSSR count). The third-order valence-electron chi connectivity index (χ3n) is 6.11. The molecule has 0 saturated carbocycles. The molecule has 10 nitrogen and oxygen atoms in total. The Hall–Kier alpha value is -4.34. The summed E-state index contributed by atoms with van der Waals surface area (Å²) < 4.78 is 10.2. The number of nitrogens with zero attached hydrogens (tertiary/aromatic N) is 2. The Morgan fingerprint density at radius 3 is 1.14 bits per heavy atom. The lowest BCUT2D eigenvalue weighted by molar-refractivity contribution is -0.150. The quantitative estimate of drug-likeness (QED) is 0.385. The smallest absolute Gasteiger partial charge is 0.329 e. The van der Waals surface area contributed by atoms with Gasteiger partial charge in [0.2, 0.25) is 0 Å². The zero-order valence-electron chi connectivity index (χ0n) is 19.8. The van der Waals surface area contributed by atoms with Crippen LogP contribution in [0.15, 0.2) is 48.5 Å². The van der Waals surface area contributed by atoms with E-state index in [0.29, 0.717) is 0 Å². The van der Waals surface area contributed by atoms with Crippen molar-refractivity contribution in [3.05, 3.63) is 70.8 Å². The fourth-order valence-electron chi connectivity index (χ4n) is 4.48. The first-order chi connectivity index (χ1) is 17.3. The summed E-state index contributed by atoms with van der Waals surface area (Å²) in [4.78, 5) is 79.5. The zero-order chi connectivity index (χ0) is 26.0. The van der Waals surface area contributed by atoms with Gasteiger partial charge in [0, 0.05) is 0 Å². The number of rotatable bonds is 9. The first kappa shape index (κ1) is 24.8. The number of hydrogen-bond donors (Lipinski definition) is 0. The van der Waals surface area contributed by atoms with E-state index in [0.717, 1.165) is 9.80 Å². The highest BCUT2D eigenvalue weighted by Crippen LogP contribution is 2.30. The molecule has 0 saturated heterocycles. The Balaban J connectivity index is 1.64. The molecule has 0 fully saturated rings. The Morgan fingerprint density at radius 2 is 0.889 bits per heavy atom. The van der Waals surface area contributed by atoms with Crippen molar-refractivity contribution >= 4 is 35.6 Å². The second-order valence-electron chi connectivity index (χ2n) is 8.16. The summed E-state index contributed by atoms with van der Waals surface area (Å²) in [5.74, 6) is -4.33. The van der Waals surface area contributed by atoms with E-state index in [1.54, 1.807) is 38.1 Å². The number of carbonyl (C=O) groups excluding carboxylic acids is 6. The van der Waals surface area contributed by atoms with Gasteiger partial charge < -0.3 is 9.47 Å². The second-order valence-corrected chi connectivity index (χ2v) is 8.16. The highest BCUT2D eigenvalue weighted by molar-refractivity contribution is 6.23. The first-order valence-corrected chi connectivity index (χ1v) is 11.6. The summed E-state index contributed by atoms with van der Waals surface area (Å²) in [5.41, 5.74) is 0.608. The highest BCUT2D eigenvalue weighted by atomic mass is 16.5. The SMILES string of the molecule is CCOC(=O)[C@@H](CC[C@@H](C(=O)OCC)N1C(=O)c2ccccc2C1=O)N1C(=O)c2ccccc2C1=O. The largest absolute Gasteiger partial charge is 0.464 e. The first-order valence-electron chi connectivity index (χ1n) is 11.6. The van der Waals surface area contributed by atoms with Crippen molar-refractivity contribution in [2.24, 2.45) is 0 Å². The second kappa shape index (κ2) is 10.1.